The maximum atomic E-state index is 9.15. The zero-order chi connectivity index (χ0) is 18.3. The minimum absolute atomic E-state index is 0. The van der Waals surface area contributed by atoms with Gasteiger partial charge >= 0.3 is 0 Å². The quantitative estimate of drug-likeness (QED) is 0.186. The highest BCUT2D eigenvalue weighted by Gasteiger charge is 2.07. The number of ether oxygens (including phenoxy) is 2. The van der Waals surface area contributed by atoms with Gasteiger partial charge in [-0.15, -0.1) is 24.0 Å². The second-order valence-corrected chi connectivity index (χ2v) is 5.84. The Bertz CT molecular complexity index is 495. The molecular formula is C19H34IN3O3. The van der Waals surface area contributed by atoms with Gasteiger partial charge in [0.05, 0.1) is 13.7 Å². The zero-order valence-corrected chi connectivity index (χ0v) is 18.5. The Morgan fingerprint density at radius 2 is 1.96 bits per heavy atom. The van der Waals surface area contributed by atoms with Crippen LogP contribution < -0.4 is 20.1 Å². The number of hydrogen-bond donors (Lipinski definition) is 3. The Labute approximate surface area is 174 Å². The summed E-state index contributed by atoms with van der Waals surface area (Å²) in [5, 5.41) is 15.7. The molecule has 0 saturated carbocycles. The molecule has 0 aromatic heterocycles. The Kier molecular flexibility index (Phi) is 15.2. The molecule has 0 amide bonds. The van der Waals surface area contributed by atoms with Crippen molar-refractivity contribution in [3.63, 3.8) is 0 Å². The van der Waals surface area contributed by atoms with Crippen molar-refractivity contribution in [2.24, 2.45) is 10.9 Å². The van der Waals surface area contributed by atoms with Crippen LogP contribution >= 0.6 is 24.0 Å². The monoisotopic (exact) mass is 479 g/mol. The normalized spacial score (nSPS) is 12.1. The Morgan fingerprint density at radius 3 is 2.62 bits per heavy atom. The first-order valence-electron chi connectivity index (χ1n) is 9.13. The number of guanidine groups is 1. The second-order valence-electron chi connectivity index (χ2n) is 5.84. The molecule has 1 aromatic carbocycles. The molecule has 1 rings (SSSR count). The van der Waals surface area contributed by atoms with E-state index in [0.717, 1.165) is 49.8 Å². The van der Waals surface area contributed by atoms with Crippen LogP contribution in [0.3, 0.4) is 0 Å². The SMILES string of the molecule is CCCC(CCO)CN=C(NCC)NCCOc1cccc(OC)c1.I. The third kappa shape index (κ3) is 10.7. The molecule has 0 radical (unpaired) electrons. The van der Waals surface area contributed by atoms with Crippen LogP contribution in [-0.4, -0.2) is 51.0 Å². The number of halogens is 1. The molecule has 6 nitrogen and oxygen atoms in total. The summed E-state index contributed by atoms with van der Waals surface area (Å²) in [4.78, 5) is 4.63. The van der Waals surface area contributed by atoms with Crippen molar-refractivity contribution in [1.29, 1.82) is 0 Å². The summed E-state index contributed by atoms with van der Waals surface area (Å²) in [5.41, 5.74) is 0. The summed E-state index contributed by atoms with van der Waals surface area (Å²) in [6, 6.07) is 7.57. The van der Waals surface area contributed by atoms with E-state index in [0.29, 0.717) is 19.1 Å². The first-order chi connectivity index (χ1) is 12.2. The maximum Gasteiger partial charge on any atom is 0.191 e. The highest BCUT2D eigenvalue weighted by atomic mass is 127. The van der Waals surface area contributed by atoms with Crippen molar-refractivity contribution >= 4 is 29.9 Å². The summed E-state index contributed by atoms with van der Waals surface area (Å²) in [5.74, 6) is 2.79. The summed E-state index contributed by atoms with van der Waals surface area (Å²) in [7, 11) is 1.64. The summed E-state index contributed by atoms with van der Waals surface area (Å²) < 4.78 is 10.9. The van der Waals surface area contributed by atoms with E-state index in [9.17, 15) is 0 Å². The predicted molar refractivity (Wildman–Crippen MR) is 118 cm³/mol. The van der Waals surface area contributed by atoms with E-state index in [1.165, 1.54) is 0 Å². The van der Waals surface area contributed by atoms with Gasteiger partial charge in [-0.05, 0) is 37.8 Å². The minimum atomic E-state index is 0. The smallest absolute Gasteiger partial charge is 0.191 e. The lowest BCUT2D eigenvalue weighted by Crippen LogP contribution is -2.39. The van der Waals surface area contributed by atoms with Gasteiger partial charge in [0, 0.05) is 25.8 Å². The molecule has 1 atom stereocenters. The molecule has 0 fully saturated rings. The molecular weight excluding hydrogens is 445 g/mol. The molecule has 0 aliphatic rings. The van der Waals surface area contributed by atoms with Crippen LogP contribution in [0, 0.1) is 5.92 Å². The van der Waals surface area contributed by atoms with E-state index >= 15 is 0 Å². The largest absolute Gasteiger partial charge is 0.497 e. The average molecular weight is 479 g/mol. The Balaban J connectivity index is 0.00000625. The maximum absolute atomic E-state index is 9.15. The summed E-state index contributed by atoms with van der Waals surface area (Å²) in [6.07, 6.45) is 3.00. The first kappa shape index (κ1) is 24.8. The van der Waals surface area contributed by atoms with Crippen molar-refractivity contribution in [1.82, 2.24) is 10.6 Å². The van der Waals surface area contributed by atoms with Crippen LogP contribution in [-0.2, 0) is 0 Å². The molecule has 0 heterocycles. The van der Waals surface area contributed by atoms with E-state index in [1.54, 1.807) is 7.11 Å². The first-order valence-corrected chi connectivity index (χ1v) is 9.13. The van der Waals surface area contributed by atoms with Gasteiger partial charge in [0.25, 0.3) is 0 Å². The number of methoxy groups -OCH3 is 1. The topological polar surface area (TPSA) is 75.1 Å². The standard InChI is InChI=1S/C19H33N3O3.HI/c1-4-7-16(10-12-23)15-22-19(20-5-2)21-11-13-25-18-9-6-8-17(14-18)24-3;/h6,8-9,14,16,23H,4-5,7,10-13,15H2,1-3H3,(H2,20,21,22);1H. The van der Waals surface area contributed by atoms with Crippen molar-refractivity contribution in [2.75, 3.05) is 40.0 Å². The molecule has 7 heteroatoms. The summed E-state index contributed by atoms with van der Waals surface area (Å²) >= 11 is 0. The number of nitrogens with zero attached hydrogens (tertiary/aromatic N) is 1. The molecule has 0 spiro atoms. The fourth-order valence-corrected chi connectivity index (χ4v) is 2.51. The number of aliphatic imine (C=N–C) groups is 1. The molecule has 1 aromatic rings. The lowest BCUT2D eigenvalue weighted by atomic mass is 10.0. The molecule has 1 unspecified atom stereocenters. The minimum Gasteiger partial charge on any atom is -0.497 e. The highest BCUT2D eigenvalue weighted by Crippen LogP contribution is 2.18. The number of aliphatic hydroxyl groups excluding tert-OH is 1. The Morgan fingerprint density at radius 1 is 1.19 bits per heavy atom. The van der Waals surface area contributed by atoms with Crippen molar-refractivity contribution < 1.29 is 14.6 Å². The van der Waals surface area contributed by atoms with Crippen LogP contribution in [0.25, 0.3) is 0 Å². The van der Waals surface area contributed by atoms with Crippen molar-refractivity contribution in [3.8, 4) is 11.5 Å². The molecule has 150 valence electrons. The molecule has 26 heavy (non-hydrogen) atoms. The molecule has 3 N–H and O–H groups in total. The van der Waals surface area contributed by atoms with Gasteiger partial charge < -0.3 is 25.2 Å². The van der Waals surface area contributed by atoms with Crippen LogP contribution in [0.5, 0.6) is 11.5 Å². The number of hydrogen-bond acceptors (Lipinski definition) is 4. The van der Waals surface area contributed by atoms with E-state index in [-0.39, 0.29) is 30.6 Å². The van der Waals surface area contributed by atoms with Gasteiger partial charge in [0.15, 0.2) is 5.96 Å². The van der Waals surface area contributed by atoms with Gasteiger partial charge in [-0.25, -0.2) is 0 Å². The fraction of sp³-hybridized carbons (Fsp3) is 0.632. The third-order valence-electron chi connectivity index (χ3n) is 3.79. The van der Waals surface area contributed by atoms with Gasteiger partial charge in [-0.1, -0.05) is 19.4 Å². The predicted octanol–water partition coefficient (Wildman–Crippen LogP) is 3.05. The van der Waals surface area contributed by atoms with Crippen LogP contribution in [0.2, 0.25) is 0 Å². The number of benzene rings is 1. The zero-order valence-electron chi connectivity index (χ0n) is 16.2. The number of nitrogens with one attached hydrogen (secondary N) is 2. The molecule has 0 saturated heterocycles. The van der Waals surface area contributed by atoms with Gasteiger partial charge in [-0.2, -0.15) is 0 Å². The molecule has 0 bridgehead atoms. The average Bonchev–Trinajstić information content (AvgIpc) is 2.63. The van der Waals surface area contributed by atoms with Crippen LogP contribution in [0.4, 0.5) is 0 Å². The molecule has 0 aliphatic heterocycles. The lowest BCUT2D eigenvalue weighted by molar-refractivity contribution is 0.253. The summed E-state index contributed by atoms with van der Waals surface area (Å²) in [6.45, 7) is 7.14. The number of aliphatic hydroxyl groups is 1. The van der Waals surface area contributed by atoms with E-state index < -0.39 is 0 Å². The lowest BCUT2D eigenvalue weighted by Gasteiger charge is -2.15. The van der Waals surface area contributed by atoms with Crippen molar-refractivity contribution in [3.05, 3.63) is 24.3 Å². The Hall–Kier alpha value is -1.22. The van der Waals surface area contributed by atoms with Crippen molar-refractivity contribution in [2.45, 2.75) is 33.1 Å². The number of rotatable bonds is 12. The van der Waals surface area contributed by atoms with Crippen LogP contribution in [0.15, 0.2) is 29.3 Å². The second kappa shape index (κ2) is 16.0. The highest BCUT2D eigenvalue weighted by molar-refractivity contribution is 14.0. The fourth-order valence-electron chi connectivity index (χ4n) is 2.51. The van der Waals surface area contributed by atoms with Gasteiger partial charge in [-0.3, -0.25) is 4.99 Å². The van der Waals surface area contributed by atoms with Gasteiger partial charge in [0.2, 0.25) is 0 Å². The van der Waals surface area contributed by atoms with Gasteiger partial charge in [0.1, 0.15) is 18.1 Å². The molecule has 0 aliphatic carbocycles. The third-order valence-corrected chi connectivity index (χ3v) is 3.79. The van der Waals surface area contributed by atoms with Crippen LogP contribution in [0.1, 0.15) is 33.1 Å². The van der Waals surface area contributed by atoms with E-state index in [1.807, 2.05) is 31.2 Å². The van der Waals surface area contributed by atoms with E-state index in [2.05, 4.69) is 22.5 Å². The van der Waals surface area contributed by atoms with E-state index in [4.69, 9.17) is 14.6 Å².